The summed E-state index contributed by atoms with van der Waals surface area (Å²) in [6.45, 7) is 4.83. The van der Waals surface area contributed by atoms with Gasteiger partial charge in [-0.1, -0.05) is 43.7 Å². The Hall–Kier alpha value is -3.70. The second-order valence-corrected chi connectivity index (χ2v) is 14.2. The van der Waals surface area contributed by atoms with Gasteiger partial charge in [0.15, 0.2) is 35.0 Å². The van der Waals surface area contributed by atoms with E-state index in [4.69, 9.17) is 14.2 Å². The Morgan fingerprint density at radius 3 is 2.70 bits per heavy atom. The van der Waals surface area contributed by atoms with Crippen LogP contribution in [0.1, 0.15) is 72.9 Å². The first-order chi connectivity index (χ1) is 22.3. The van der Waals surface area contributed by atoms with Crippen molar-refractivity contribution in [3.05, 3.63) is 88.3 Å². The summed E-state index contributed by atoms with van der Waals surface area (Å²) in [5, 5.41) is 31.4. The average Bonchev–Trinajstić information content (AvgIpc) is 3.53. The van der Waals surface area contributed by atoms with E-state index in [1.165, 1.54) is 18.2 Å². The summed E-state index contributed by atoms with van der Waals surface area (Å²) in [4.78, 5) is 37.4. The van der Waals surface area contributed by atoms with E-state index in [0.717, 1.165) is 12.0 Å². The van der Waals surface area contributed by atoms with E-state index in [9.17, 15) is 29.7 Å². The fourth-order valence-electron chi connectivity index (χ4n) is 9.84. The maximum Gasteiger partial charge on any atom is 0.335 e. The molecule has 9 nitrogen and oxygen atoms in total. The average molecular weight is 647 g/mol. The maximum atomic E-state index is 16.2. The Morgan fingerprint density at radius 2 is 1.96 bits per heavy atom. The standard InChI is InChI=1S/C37H39FO9/c1-19-7-10-27(45-18-20-5-4-6-21(13-20)33(43)44)32(38)30(19)34-46-29-15-25-24-9-8-22-14-23(40)11-12-35(22,2)31(24)26(41)16-36(25,3)37(29,47-34)28(42)17-39/h4-7,10-14,24-26,29,31,34,39,41H,8-9,15-18H2,1-3H3,(H,43,44)/t24-,25-,26-,29+,31+,34-,35-,36-,37+/m0/s1. The van der Waals surface area contributed by atoms with Gasteiger partial charge in [-0.05, 0) is 85.9 Å². The number of Topliss-reactive ketones (excluding diaryl/α,β-unsaturated/α-hetero) is 1. The van der Waals surface area contributed by atoms with Gasteiger partial charge in [-0.2, -0.15) is 0 Å². The fraction of sp³-hybridized carbons (Fsp3) is 0.486. The highest BCUT2D eigenvalue weighted by molar-refractivity contribution is 6.01. The summed E-state index contributed by atoms with van der Waals surface area (Å²) in [6, 6.07) is 9.33. The van der Waals surface area contributed by atoms with Crippen LogP contribution in [0.25, 0.3) is 0 Å². The first-order valence-electron chi connectivity index (χ1n) is 16.2. The van der Waals surface area contributed by atoms with Crippen LogP contribution in [-0.4, -0.2) is 57.3 Å². The number of ether oxygens (including phenoxy) is 3. The van der Waals surface area contributed by atoms with E-state index in [-0.39, 0.29) is 53.4 Å². The third-order valence-corrected chi connectivity index (χ3v) is 12.0. The summed E-state index contributed by atoms with van der Waals surface area (Å²) < 4.78 is 35.1. The molecule has 47 heavy (non-hydrogen) atoms. The quantitative estimate of drug-likeness (QED) is 0.379. The van der Waals surface area contributed by atoms with Crippen molar-refractivity contribution < 1.29 is 48.3 Å². The van der Waals surface area contributed by atoms with Crippen molar-refractivity contribution >= 4 is 17.5 Å². The fourth-order valence-corrected chi connectivity index (χ4v) is 9.84. The zero-order valence-corrected chi connectivity index (χ0v) is 26.6. The van der Waals surface area contributed by atoms with Gasteiger partial charge in [-0.15, -0.1) is 0 Å². The van der Waals surface area contributed by atoms with Gasteiger partial charge in [0.1, 0.15) is 13.2 Å². The van der Waals surface area contributed by atoms with Gasteiger partial charge < -0.3 is 29.5 Å². The number of fused-ring (bicyclic) bond motifs is 7. The van der Waals surface area contributed by atoms with Crippen LogP contribution in [0.5, 0.6) is 5.75 Å². The molecule has 2 aromatic rings. The molecular formula is C37H39FO9. The number of aliphatic hydroxyl groups excluding tert-OH is 2. The molecule has 4 aliphatic carbocycles. The third-order valence-electron chi connectivity index (χ3n) is 12.0. The predicted octanol–water partition coefficient (Wildman–Crippen LogP) is 5.01. The molecule has 0 unspecified atom stereocenters. The molecule has 248 valence electrons. The first kappa shape index (κ1) is 31.9. The summed E-state index contributed by atoms with van der Waals surface area (Å²) >= 11 is 0. The van der Waals surface area contributed by atoms with Crippen LogP contribution >= 0.6 is 0 Å². The van der Waals surface area contributed by atoms with Gasteiger partial charge in [-0.3, -0.25) is 9.59 Å². The van der Waals surface area contributed by atoms with Crippen molar-refractivity contribution in [2.45, 2.75) is 77.2 Å². The Labute approximate surface area is 272 Å². The number of allylic oxidation sites excluding steroid dienone is 4. The molecule has 10 heteroatoms. The molecule has 2 aromatic carbocycles. The SMILES string of the molecule is Cc1ccc(OCc2cccc(C(=O)O)c2)c(F)c1[C@H]1O[C@@H]2C[C@H]3[C@@H]4CCC5=CC(=O)C=C[C@]5(C)[C@H]4[C@@H](O)C[C@]3(C)[C@]2(C(=O)CO)O1. The van der Waals surface area contributed by atoms with Gasteiger partial charge in [0.05, 0.1) is 23.3 Å². The second-order valence-electron chi connectivity index (χ2n) is 14.2. The van der Waals surface area contributed by atoms with Gasteiger partial charge in [-0.25, -0.2) is 9.18 Å². The molecule has 0 amide bonds. The Balaban J connectivity index is 1.20. The highest BCUT2D eigenvalue weighted by Gasteiger charge is 2.76. The number of rotatable bonds is 7. The number of carbonyl (C=O) groups excluding carboxylic acids is 2. The maximum absolute atomic E-state index is 16.2. The van der Waals surface area contributed by atoms with E-state index in [1.807, 2.05) is 13.0 Å². The molecular weight excluding hydrogens is 607 g/mol. The number of benzene rings is 2. The minimum absolute atomic E-state index is 0.00167. The zero-order chi connectivity index (χ0) is 33.5. The molecule has 3 N–H and O–H groups in total. The van der Waals surface area contributed by atoms with E-state index in [1.54, 1.807) is 37.3 Å². The van der Waals surface area contributed by atoms with Crippen molar-refractivity contribution in [2.75, 3.05) is 6.61 Å². The minimum atomic E-state index is -1.62. The van der Waals surface area contributed by atoms with E-state index < -0.39 is 59.1 Å². The summed E-state index contributed by atoms with van der Waals surface area (Å²) in [7, 11) is 0. The van der Waals surface area contributed by atoms with Crippen LogP contribution in [0.3, 0.4) is 0 Å². The van der Waals surface area contributed by atoms with E-state index in [2.05, 4.69) is 6.92 Å². The molecule has 0 radical (unpaired) electrons. The van der Waals surface area contributed by atoms with Crippen molar-refractivity contribution in [3.8, 4) is 5.75 Å². The normalized spacial score (nSPS) is 37.0. The number of carbonyl (C=O) groups is 3. The lowest BCUT2D eigenvalue weighted by Gasteiger charge is -2.59. The van der Waals surface area contributed by atoms with Crippen molar-refractivity contribution in [1.82, 2.24) is 0 Å². The monoisotopic (exact) mass is 646 g/mol. The van der Waals surface area contributed by atoms with E-state index in [0.29, 0.717) is 24.0 Å². The lowest BCUT2D eigenvalue weighted by Crippen LogP contribution is -2.63. The summed E-state index contributed by atoms with van der Waals surface area (Å²) in [5.74, 6) is -2.77. The number of ketones is 2. The topological polar surface area (TPSA) is 140 Å². The number of halogens is 1. The number of hydrogen-bond acceptors (Lipinski definition) is 8. The zero-order valence-electron chi connectivity index (χ0n) is 26.6. The second kappa shape index (κ2) is 11.2. The van der Waals surface area contributed by atoms with Crippen LogP contribution in [0, 0.1) is 41.3 Å². The van der Waals surface area contributed by atoms with Gasteiger partial charge >= 0.3 is 5.97 Å². The highest BCUT2D eigenvalue weighted by atomic mass is 19.1. The molecule has 1 saturated heterocycles. The van der Waals surface area contributed by atoms with Gasteiger partial charge in [0.25, 0.3) is 0 Å². The number of hydrogen-bond donors (Lipinski definition) is 3. The predicted molar refractivity (Wildman–Crippen MR) is 166 cm³/mol. The summed E-state index contributed by atoms with van der Waals surface area (Å²) in [6.07, 6.45) is 4.37. The first-order valence-corrected chi connectivity index (χ1v) is 16.2. The molecule has 9 atom stereocenters. The van der Waals surface area contributed by atoms with Crippen molar-refractivity contribution in [1.29, 1.82) is 0 Å². The van der Waals surface area contributed by atoms with Crippen molar-refractivity contribution in [3.63, 3.8) is 0 Å². The molecule has 0 bridgehead atoms. The molecule has 7 rings (SSSR count). The Bertz CT molecular complexity index is 1730. The van der Waals surface area contributed by atoms with Crippen LogP contribution < -0.4 is 4.74 Å². The minimum Gasteiger partial charge on any atom is -0.486 e. The Kier molecular flexibility index (Phi) is 7.59. The lowest BCUT2D eigenvalue weighted by atomic mass is 9.46. The molecule has 0 spiro atoms. The Morgan fingerprint density at radius 1 is 1.17 bits per heavy atom. The molecule has 4 fully saturated rings. The third kappa shape index (κ3) is 4.59. The van der Waals surface area contributed by atoms with Gasteiger partial charge in [0.2, 0.25) is 0 Å². The lowest BCUT2D eigenvalue weighted by molar-refractivity contribution is -0.201. The molecule has 1 aliphatic heterocycles. The van der Waals surface area contributed by atoms with E-state index >= 15 is 4.39 Å². The smallest absolute Gasteiger partial charge is 0.335 e. The number of carboxylic acid groups (broad SMARTS) is 1. The number of carboxylic acids is 1. The molecule has 3 saturated carbocycles. The largest absolute Gasteiger partial charge is 0.486 e. The van der Waals surface area contributed by atoms with Crippen LogP contribution in [0.4, 0.5) is 4.39 Å². The number of aromatic carboxylic acids is 1. The van der Waals surface area contributed by atoms with Crippen LogP contribution in [-0.2, 0) is 25.7 Å². The molecule has 5 aliphatic rings. The molecule has 1 heterocycles. The van der Waals surface area contributed by atoms with Crippen LogP contribution in [0.15, 0.2) is 60.2 Å². The summed E-state index contributed by atoms with van der Waals surface area (Å²) in [5.41, 5.74) is -0.797. The highest BCUT2D eigenvalue weighted by Crippen LogP contribution is 2.70. The van der Waals surface area contributed by atoms with Gasteiger partial charge in [0, 0.05) is 16.7 Å². The van der Waals surface area contributed by atoms with Crippen LogP contribution in [0.2, 0.25) is 0 Å². The molecule has 0 aromatic heterocycles. The number of aryl methyl sites for hydroxylation is 1. The van der Waals surface area contributed by atoms with Crippen molar-refractivity contribution in [2.24, 2.45) is 28.6 Å². The number of aliphatic hydroxyl groups is 2.